The molecule has 0 bridgehead atoms. The Bertz CT molecular complexity index is 738. The molecule has 0 radical (unpaired) electrons. The number of aliphatic hydroxyl groups is 1. The van der Waals surface area contributed by atoms with Crippen molar-refractivity contribution in [1.29, 1.82) is 0 Å². The van der Waals surface area contributed by atoms with Crippen molar-refractivity contribution in [2.75, 3.05) is 27.1 Å². The van der Waals surface area contributed by atoms with Crippen molar-refractivity contribution in [3.8, 4) is 17.2 Å². The number of rotatable bonds is 8. The van der Waals surface area contributed by atoms with Crippen LogP contribution in [0.2, 0.25) is 0 Å². The van der Waals surface area contributed by atoms with Crippen molar-refractivity contribution in [1.82, 2.24) is 0 Å². The molecule has 0 heterocycles. The summed E-state index contributed by atoms with van der Waals surface area (Å²) in [5.41, 5.74) is 0.337. The fourth-order valence-electron chi connectivity index (χ4n) is 2.18. The van der Waals surface area contributed by atoms with Gasteiger partial charge in [0.15, 0.2) is 18.3 Å². The molecule has 0 aliphatic rings. The zero-order valence-corrected chi connectivity index (χ0v) is 13.7. The van der Waals surface area contributed by atoms with Crippen molar-refractivity contribution in [2.24, 2.45) is 0 Å². The van der Waals surface area contributed by atoms with Gasteiger partial charge in [-0.05, 0) is 6.92 Å². The molecule has 128 valence electrons. The van der Waals surface area contributed by atoms with Gasteiger partial charge in [-0.15, -0.1) is 0 Å². The summed E-state index contributed by atoms with van der Waals surface area (Å²) < 4.78 is 21.4. The number of benzene rings is 2. The quantitative estimate of drug-likeness (QED) is 0.347. The lowest BCUT2D eigenvalue weighted by atomic mass is 10.1. The first-order chi connectivity index (χ1) is 11.6. The predicted octanol–water partition coefficient (Wildman–Crippen LogP) is 2.68. The van der Waals surface area contributed by atoms with Crippen LogP contribution < -0.4 is 14.2 Å². The lowest BCUT2D eigenvalue weighted by Crippen LogP contribution is -2.13. The molecule has 0 aromatic heterocycles. The second-order valence-electron chi connectivity index (χ2n) is 4.99. The van der Waals surface area contributed by atoms with Crippen molar-refractivity contribution in [3.05, 3.63) is 42.5 Å². The van der Waals surface area contributed by atoms with Crippen molar-refractivity contribution >= 4 is 16.7 Å². The number of fused-ring (bicyclic) bond motifs is 1. The number of carbonyl (C=O) groups excluding carboxylic acids is 1. The van der Waals surface area contributed by atoms with Crippen LogP contribution in [0.3, 0.4) is 0 Å². The summed E-state index contributed by atoms with van der Waals surface area (Å²) >= 11 is 0. The van der Waals surface area contributed by atoms with Gasteiger partial charge in [-0.3, -0.25) is 0 Å². The number of methoxy groups -OCH3 is 1. The van der Waals surface area contributed by atoms with Crippen LogP contribution in [0.25, 0.3) is 10.8 Å². The maximum atomic E-state index is 11.4. The van der Waals surface area contributed by atoms with Crippen LogP contribution in [0.15, 0.2) is 42.5 Å². The highest BCUT2D eigenvalue weighted by molar-refractivity contribution is 5.95. The lowest BCUT2D eigenvalue weighted by Gasteiger charge is -2.16. The third-order valence-corrected chi connectivity index (χ3v) is 3.27. The van der Waals surface area contributed by atoms with E-state index in [9.17, 15) is 4.79 Å². The van der Waals surface area contributed by atoms with E-state index >= 15 is 0 Å². The summed E-state index contributed by atoms with van der Waals surface area (Å²) in [6.45, 7) is 4.92. The summed E-state index contributed by atoms with van der Waals surface area (Å²) in [5, 5.41) is 10.6. The summed E-state index contributed by atoms with van der Waals surface area (Å²) in [6.07, 6.45) is 0. The minimum Gasteiger partial charge on any atom is -0.493 e. The number of hydrogen-bond acceptors (Lipinski definition) is 6. The van der Waals surface area contributed by atoms with E-state index in [1.54, 1.807) is 13.0 Å². The van der Waals surface area contributed by atoms with Gasteiger partial charge in [0.05, 0.1) is 7.11 Å². The van der Waals surface area contributed by atoms with E-state index in [2.05, 4.69) is 6.58 Å². The SMILES string of the molecule is C=C(C)C(=O)OCCOc1c(OC)cc(OCO)c2ccccc12. The molecule has 1 N–H and O–H groups in total. The van der Waals surface area contributed by atoms with E-state index < -0.39 is 12.8 Å². The second-order valence-corrected chi connectivity index (χ2v) is 4.99. The molecule has 0 atom stereocenters. The fourth-order valence-corrected chi connectivity index (χ4v) is 2.18. The Hall–Kier alpha value is -2.73. The number of esters is 1. The number of aliphatic hydroxyl groups excluding tert-OH is 1. The lowest BCUT2D eigenvalue weighted by molar-refractivity contribution is -0.139. The molecule has 0 saturated carbocycles. The molecule has 24 heavy (non-hydrogen) atoms. The molecule has 0 unspecified atom stereocenters. The van der Waals surface area contributed by atoms with Gasteiger partial charge in [-0.25, -0.2) is 4.79 Å². The Morgan fingerprint density at radius 2 is 1.83 bits per heavy atom. The predicted molar refractivity (Wildman–Crippen MR) is 89.5 cm³/mol. The van der Waals surface area contributed by atoms with Crippen LogP contribution in [0.4, 0.5) is 0 Å². The molecule has 6 heteroatoms. The van der Waals surface area contributed by atoms with Crippen LogP contribution in [0.5, 0.6) is 17.2 Å². The van der Waals surface area contributed by atoms with Crippen LogP contribution in [0.1, 0.15) is 6.92 Å². The first-order valence-corrected chi connectivity index (χ1v) is 7.37. The van der Waals surface area contributed by atoms with E-state index in [-0.39, 0.29) is 13.2 Å². The maximum Gasteiger partial charge on any atom is 0.333 e. The molecule has 0 spiro atoms. The van der Waals surface area contributed by atoms with Crippen molar-refractivity contribution in [3.63, 3.8) is 0 Å². The standard InChI is InChI=1S/C18H20O6/c1-12(2)18(20)23-9-8-22-17-14-7-5-4-6-13(14)15(24-11-19)10-16(17)21-3/h4-7,10,19H,1,8-9,11H2,2-3H3. The van der Waals surface area contributed by atoms with Crippen LogP contribution in [0, 0.1) is 0 Å². The molecule has 2 aromatic rings. The Morgan fingerprint density at radius 3 is 2.46 bits per heavy atom. The average molecular weight is 332 g/mol. The van der Waals surface area contributed by atoms with Gasteiger partial charge in [0.25, 0.3) is 0 Å². The largest absolute Gasteiger partial charge is 0.493 e. The van der Waals surface area contributed by atoms with E-state index in [0.717, 1.165) is 10.8 Å². The average Bonchev–Trinajstić information content (AvgIpc) is 2.59. The molecule has 0 aliphatic carbocycles. The van der Waals surface area contributed by atoms with Gasteiger partial charge in [-0.1, -0.05) is 30.8 Å². The van der Waals surface area contributed by atoms with Gasteiger partial charge < -0.3 is 24.1 Å². The highest BCUT2D eigenvalue weighted by Crippen LogP contribution is 2.41. The Morgan fingerprint density at radius 1 is 1.12 bits per heavy atom. The molecule has 6 nitrogen and oxygen atoms in total. The Balaban J connectivity index is 2.24. The third kappa shape index (κ3) is 3.97. The summed E-state index contributed by atoms with van der Waals surface area (Å²) in [7, 11) is 1.51. The number of hydrogen-bond donors (Lipinski definition) is 1. The summed E-state index contributed by atoms with van der Waals surface area (Å²) in [5.74, 6) is 1.02. The second kappa shape index (κ2) is 8.21. The molecule has 0 amide bonds. The van der Waals surface area contributed by atoms with Crippen LogP contribution in [-0.2, 0) is 9.53 Å². The third-order valence-electron chi connectivity index (χ3n) is 3.27. The fraction of sp³-hybridized carbons (Fsp3) is 0.278. The molecule has 0 aliphatic heterocycles. The van der Waals surface area contributed by atoms with E-state index in [4.69, 9.17) is 24.1 Å². The van der Waals surface area contributed by atoms with Gasteiger partial charge in [0.1, 0.15) is 19.0 Å². The molecule has 2 rings (SSSR count). The highest BCUT2D eigenvalue weighted by atomic mass is 16.6. The monoisotopic (exact) mass is 332 g/mol. The first-order valence-electron chi connectivity index (χ1n) is 7.37. The van der Waals surface area contributed by atoms with Gasteiger partial charge in [-0.2, -0.15) is 0 Å². The number of ether oxygens (including phenoxy) is 4. The minimum atomic E-state index is -0.456. The smallest absolute Gasteiger partial charge is 0.333 e. The summed E-state index contributed by atoms with van der Waals surface area (Å²) in [6, 6.07) is 9.08. The van der Waals surface area contributed by atoms with Gasteiger partial charge in [0, 0.05) is 22.4 Å². The zero-order valence-electron chi connectivity index (χ0n) is 13.7. The highest BCUT2D eigenvalue weighted by Gasteiger charge is 2.15. The summed E-state index contributed by atoms with van der Waals surface area (Å²) in [4.78, 5) is 11.4. The van der Waals surface area contributed by atoms with Gasteiger partial charge >= 0.3 is 5.97 Å². The topological polar surface area (TPSA) is 74.2 Å². The molecular formula is C18H20O6. The Kier molecular flexibility index (Phi) is 6.03. The molecule has 2 aromatic carbocycles. The zero-order chi connectivity index (χ0) is 17.5. The maximum absolute atomic E-state index is 11.4. The minimum absolute atomic E-state index is 0.0953. The van der Waals surface area contributed by atoms with Crippen LogP contribution in [-0.4, -0.2) is 38.2 Å². The van der Waals surface area contributed by atoms with Crippen LogP contribution >= 0.6 is 0 Å². The molecule has 0 saturated heterocycles. The molecular weight excluding hydrogens is 312 g/mol. The van der Waals surface area contributed by atoms with Crippen molar-refractivity contribution < 1.29 is 28.8 Å². The Labute approximate surface area is 140 Å². The van der Waals surface area contributed by atoms with E-state index in [1.165, 1.54) is 7.11 Å². The molecule has 0 fully saturated rings. The number of carbonyl (C=O) groups is 1. The normalized spacial score (nSPS) is 10.3. The van der Waals surface area contributed by atoms with E-state index in [0.29, 0.717) is 22.8 Å². The van der Waals surface area contributed by atoms with E-state index in [1.807, 2.05) is 24.3 Å². The van der Waals surface area contributed by atoms with Crippen molar-refractivity contribution in [2.45, 2.75) is 6.92 Å². The van der Waals surface area contributed by atoms with Gasteiger partial charge in [0.2, 0.25) is 0 Å². The first kappa shape index (κ1) is 17.6.